The first-order valence-corrected chi connectivity index (χ1v) is 13.2. The van der Waals surface area contributed by atoms with E-state index in [2.05, 4.69) is 36.3 Å². The summed E-state index contributed by atoms with van der Waals surface area (Å²) in [5, 5.41) is 17.5. The van der Waals surface area contributed by atoms with E-state index in [1.807, 2.05) is 0 Å². The van der Waals surface area contributed by atoms with Crippen LogP contribution >= 0.6 is 11.3 Å². The van der Waals surface area contributed by atoms with Crippen LogP contribution < -0.4 is 10.6 Å². The first-order valence-electron chi connectivity index (χ1n) is 12.4. The zero-order valence-corrected chi connectivity index (χ0v) is 21.9. The Bertz CT molecular complexity index is 1130. The maximum atomic E-state index is 13.5. The summed E-state index contributed by atoms with van der Waals surface area (Å²) in [5.74, 6) is 0.00347. The highest BCUT2D eigenvalue weighted by molar-refractivity contribution is 7.17. The van der Waals surface area contributed by atoms with Crippen LogP contribution in [-0.4, -0.2) is 54.5 Å². The fraction of sp³-hybridized carbons (Fsp3) is 0.538. The number of morpholine rings is 1. The van der Waals surface area contributed by atoms with Gasteiger partial charge in [0, 0.05) is 48.8 Å². The normalized spacial score (nSPS) is 18.4. The Labute approximate surface area is 215 Å². The lowest BCUT2D eigenvalue weighted by atomic mass is 9.72. The lowest BCUT2D eigenvalue weighted by molar-refractivity contribution is -0.384. The van der Waals surface area contributed by atoms with Crippen molar-refractivity contribution in [3.63, 3.8) is 0 Å². The third-order valence-electron chi connectivity index (χ3n) is 7.04. The van der Waals surface area contributed by atoms with E-state index in [0.717, 1.165) is 42.8 Å². The summed E-state index contributed by atoms with van der Waals surface area (Å²) in [6.07, 6.45) is 2.92. The highest BCUT2D eigenvalue weighted by Crippen LogP contribution is 2.44. The van der Waals surface area contributed by atoms with Gasteiger partial charge in [0.2, 0.25) is 5.91 Å². The van der Waals surface area contributed by atoms with E-state index in [1.54, 1.807) is 12.1 Å². The molecular weight excluding hydrogens is 480 g/mol. The second-order valence-corrected chi connectivity index (χ2v) is 11.6. The molecule has 1 aliphatic carbocycles. The van der Waals surface area contributed by atoms with Gasteiger partial charge in [-0.25, -0.2) is 0 Å². The van der Waals surface area contributed by atoms with Gasteiger partial charge in [-0.15, -0.1) is 11.3 Å². The van der Waals surface area contributed by atoms with Gasteiger partial charge < -0.3 is 15.4 Å². The summed E-state index contributed by atoms with van der Waals surface area (Å²) in [6.45, 7) is 10.3. The van der Waals surface area contributed by atoms with Crippen molar-refractivity contribution in [3.05, 3.63) is 50.4 Å². The number of fused-ring (bicyclic) bond motifs is 1. The number of carbonyl (C=O) groups is 2. The molecule has 1 atom stereocenters. The number of benzene rings is 1. The van der Waals surface area contributed by atoms with Crippen molar-refractivity contribution in [2.45, 2.75) is 46.5 Å². The van der Waals surface area contributed by atoms with Crippen LogP contribution in [-0.2, 0) is 22.4 Å². The van der Waals surface area contributed by atoms with Gasteiger partial charge in [-0.05, 0) is 42.2 Å². The number of amides is 2. The second-order valence-electron chi connectivity index (χ2n) is 10.5. The molecule has 2 N–H and O–H groups in total. The Morgan fingerprint density at radius 2 is 1.97 bits per heavy atom. The van der Waals surface area contributed by atoms with Crippen LogP contribution in [0.5, 0.6) is 0 Å². The molecule has 1 aromatic carbocycles. The van der Waals surface area contributed by atoms with E-state index in [4.69, 9.17) is 4.74 Å². The molecule has 1 saturated heterocycles. The van der Waals surface area contributed by atoms with Gasteiger partial charge >= 0.3 is 0 Å². The summed E-state index contributed by atoms with van der Waals surface area (Å²) in [6, 6.07) is 5.89. The molecule has 0 radical (unpaired) electrons. The maximum Gasteiger partial charge on any atom is 0.271 e. The van der Waals surface area contributed by atoms with E-state index < -0.39 is 4.92 Å². The molecule has 36 heavy (non-hydrogen) atoms. The van der Waals surface area contributed by atoms with Crippen LogP contribution in [0.3, 0.4) is 0 Å². The lowest BCUT2D eigenvalue weighted by Crippen LogP contribution is -2.38. The number of hydrogen-bond acceptors (Lipinski definition) is 7. The Balaban J connectivity index is 1.56. The number of thiophene rings is 1. The molecule has 2 aliphatic rings. The van der Waals surface area contributed by atoms with Crippen LogP contribution in [0.15, 0.2) is 24.3 Å². The molecule has 1 aliphatic heterocycles. The Hall–Kier alpha value is -2.82. The van der Waals surface area contributed by atoms with Crippen LogP contribution in [0.2, 0.25) is 0 Å². The summed E-state index contributed by atoms with van der Waals surface area (Å²) in [4.78, 5) is 40.3. The molecule has 2 amide bonds. The number of non-ortho nitro benzene ring substituents is 1. The minimum atomic E-state index is -0.491. The highest BCUT2D eigenvalue weighted by atomic mass is 32.1. The van der Waals surface area contributed by atoms with Gasteiger partial charge in [0.25, 0.3) is 11.6 Å². The van der Waals surface area contributed by atoms with Crippen LogP contribution in [0.25, 0.3) is 0 Å². The smallest absolute Gasteiger partial charge is 0.271 e. The SMILES string of the molecule is CC(C)(C)[C@H]1CCc2c(sc(NC(=O)CCN3CCOCC3)c2C(=O)Nc2cccc([N+](=O)[O-])c2)C1. The van der Waals surface area contributed by atoms with Gasteiger partial charge in [0.1, 0.15) is 5.00 Å². The molecule has 1 aromatic heterocycles. The average Bonchev–Trinajstić information content (AvgIpc) is 3.20. The average molecular weight is 515 g/mol. The van der Waals surface area contributed by atoms with Crippen molar-refractivity contribution < 1.29 is 19.2 Å². The van der Waals surface area contributed by atoms with E-state index in [-0.39, 0.29) is 22.9 Å². The van der Waals surface area contributed by atoms with Crippen molar-refractivity contribution in [3.8, 4) is 0 Å². The zero-order chi connectivity index (χ0) is 25.9. The number of carbonyl (C=O) groups excluding carboxylic acids is 2. The molecule has 4 rings (SSSR count). The topological polar surface area (TPSA) is 114 Å². The summed E-state index contributed by atoms with van der Waals surface area (Å²) >= 11 is 1.48. The van der Waals surface area contributed by atoms with Crippen molar-refractivity contribution in [2.75, 3.05) is 43.5 Å². The summed E-state index contributed by atoms with van der Waals surface area (Å²) < 4.78 is 5.37. The molecular formula is C26H34N4O5S. The molecule has 0 spiro atoms. The molecule has 1 fully saturated rings. The molecule has 2 heterocycles. The molecule has 0 saturated carbocycles. The fourth-order valence-corrected chi connectivity index (χ4v) is 6.16. The predicted molar refractivity (Wildman–Crippen MR) is 141 cm³/mol. The Morgan fingerprint density at radius 1 is 1.22 bits per heavy atom. The number of hydrogen-bond donors (Lipinski definition) is 2. The largest absolute Gasteiger partial charge is 0.379 e. The second kappa shape index (κ2) is 11.1. The number of nitro benzene ring substituents is 1. The van der Waals surface area contributed by atoms with Gasteiger partial charge in [0.05, 0.1) is 23.7 Å². The first-order chi connectivity index (χ1) is 17.1. The standard InChI is InChI=1S/C26H34N4O5S/c1-26(2,3)17-7-8-20-21(15-17)36-25(28-22(31)9-10-29-11-13-35-14-12-29)23(20)24(32)27-18-5-4-6-19(16-18)30(33)34/h4-6,16-17H,7-15H2,1-3H3,(H,27,32)(H,28,31)/t17-/m0/s1. The monoisotopic (exact) mass is 514 g/mol. The Morgan fingerprint density at radius 3 is 2.67 bits per heavy atom. The molecule has 10 heteroatoms. The minimum absolute atomic E-state index is 0.0928. The summed E-state index contributed by atoms with van der Waals surface area (Å²) in [7, 11) is 0. The quantitative estimate of drug-likeness (QED) is 0.408. The molecule has 2 aromatic rings. The van der Waals surface area contributed by atoms with Crippen LogP contribution in [0.1, 0.15) is 54.4 Å². The lowest BCUT2D eigenvalue weighted by Gasteiger charge is -2.33. The van der Waals surface area contributed by atoms with Crippen molar-refractivity contribution >= 4 is 39.5 Å². The van der Waals surface area contributed by atoms with Gasteiger partial charge in [0.15, 0.2) is 0 Å². The van der Waals surface area contributed by atoms with Gasteiger partial charge in [-0.1, -0.05) is 26.8 Å². The third kappa shape index (κ3) is 6.29. The fourth-order valence-electron chi connectivity index (χ4n) is 4.82. The van der Waals surface area contributed by atoms with Crippen molar-refractivity contribution in [1.29, 1.82) is 0 Å². The number of ether oxygens (including phenoxy) is 1. The summed E-state index contributed by atoms with van der Waals surface area (Å²) in [5.41, 5.74) is 1.86. The van der Waals surface area contributed by atoms with Crippen LogP contribution in [0, 0.1) is 21.4 Å². The van der Waals surface area contributed by atoms with Crippen molar-refractivity contribution in [1.82, 2.24) is 4.90 Å². The number of nitrogens with one attached hydrogen (secondary N) is 2. The highest BCUT2D eigenvalue weighted by Gasteiger charge is 2.34. The molecule has 194 valence electrons. The minimum Gasteiger partial charge on any atom is -0.379 e. The number of anilines is 2. The van der Waals surface area contributed by atoms with E-state index >= 15 is 0 Å². The van der Waals surface area contributed by atoms with Crippen molar-refractivity contribution in [2.24, 2.45) is 11.3 Å². The number of nitrogens with zero attached hydrogens (tertiary/aromatic N) is 2. The first kappa shape index (κ1) is 26.2. The third-order valence-corrected chi connectivity index (χ3v) is 8.21. The molecule has 0 unspecified atom stereocenters. The zero-order valence-electron chi connectivity index (χ0n) is 21.1. The van der Waals surface area contributed by atoms with Gasteiger partial charge in [-0.3, -0.25) is 24.6 Å². The predicted octanol–water partition coefficient (Wildman–Crippen LogP) is 4.72. The van der Waals surface area contributed by atoms with E-state index in [9.17, 15) is 19.7 Å². The number of rotatable bonds is 7. The molecule has 0 bridgehead atoms. The maximum absolute atomic E-state index is 13.5. The van der Waals surface area contributed by atoms with E-state index in [0.29, 0.717) is 48.3 Å². The van der Waals surface area contributed by atoms with E-state index in [1.165, 1.54) is 23.5 Å². The number of nitro groups is 1. The van der Waals surface area contributed by atoms with Gasteiger partial charge in [-0.2, -0.15) is 0 Å². The Kier molecular flexibility index (Phi) is 8.07. The molecule has 9 nitrogen and oxygen atoms in total. The van der Waals surface area contributed by atoms with Crippen LogP contribution in [0.4, 0.5) is 16.4 Å².